The molecule has 0 unspecified atom stereocenters. The molecule has 0 N–H and O–H groups in total. The van der Waals surface area contributed by atoms with E-state index in [9.17, 15) is 13.2 Å². The Hall–Kier alpha value is -2.02. The summed E-state index contributed by atoms with van der Waals surface area (Å²) >= 11 is 3.18. The zero-order valence-electron chi connectivity index (χ0n) is 21.8. The van der Waals surface area contributed by atoms with Crippen molar-refractivity contribution in [3.05, 3.63) is 48.0 Å². The Labute approximate surface area is 233 Å². The molecule has 2 fully saturated rings. The van der Waals surface area contributed by atoms with Gasteiger partial charge in [-0.15, -0.1) is 11.8 Å². The maximum atomic E-state index is 13.8. The summed E-state index contributed by atoms with van der Waals surface area (Å²) in [5.41, 5.74) is 1.31. The van der Waals surface area contributed by atoms with Gasteiger partial charge in [0.2, 0.25) is 10.0 Å². The first kappa shape index (κ1) is 27.5. The van der Waals surface area contributed by atoms with Gasteiger partial charge in [-0.05, 0) is 67.5 Å². The van der Waals surface area contributed by atoms with Gasteiger partial charge in [-0.2, -0.15) is 4.31 Å². The van der Waals surface area contributed by atoms with Gasteiger partial charge in [0.15, 0.2) is 5.13 Å². The number of carbonyl (C=O) groups excluding carboxylic acids is 1. The predicted octanol–water partition coefficient (Wildman–Crippen LogP) is 4.42. The van der Waals surface area contributed by atoms with Crippen molar-refractivity contribution in [1.82, 2.24) is 14.2 Å². The Balaban J connectivity index is 1.39. The number of thioether (sulfide) groups is 1. The van der Waals surface area contributed by atoms with Gasteiger partial charge in [-0.1, -0.05) is 18.3 Å². The normalized spacial score (nSPS) is 18.2. The third kappa shape index (κ3) is 6.08. The van der Waals surface area contributed by atoms with Gasteiger partial charge in [-0.25, -0.2) is 13.4 Å². The van der Waals surface area contributed by atoms with Crippen LogP contribution in [0.15, 0.2) is 52.3 Å². The van der Waals surface area contributed by atoms with E-state index in [1.54, 1.807) is 45.2 Å². The standard InChI is InChI=1S/C27H34N4O4S3/c1-20-9-11-30(12-10-20)38(33,34)23-6-3-21(4-7-23)26(32)31(14-13-29-15-17-35-18-16-29)27-28-24-8-5-22(36-2)19-25(24)37-27/h3-8,19-20H,9-18H2,1-2H3. The van der Waals surface area contributed by atoms with Crippen LogP contribution in [0, 0.1) is 5.92 Å². The van der Waals surface area contributed by atoms with Gasteiger partial charge in [0.05, 0.1) is 28.3 Å². The van der Waals surface area contributed by atoms with Crippen LogP contribution in [0.1, 0.15) is 30.1 Å². The number of aromatic nitrogens is 1. The molecule has 0 aliphatic carbocycles. The number of ether oxygens (including phenoxy) is 1. The molecule has 0 saturated carbocycles. The summed E-state index contributed by atoms with van der Waals surface area (Å²) in [5, 5.41) is 0.649. The highest BCUT2D eigenvalue weighted by Gasteiger charge is 2.29. The van der Waals surface area contributed by atoms with Crippen molar-refractivity contribution in [1.29, 1.82) is 0 Å². The second-order valence-electron chi connectivity index (χ2n) is 9.85. The summed E-state index contributed by atoms with van der Waals surface area (Å²) in [7, 11) is -3.57. The maximum absolute atomic E-state index is 13.8. The molecule has 38 heavy (non-hydrogen) atoms. The van der Waals surface area contributed by atoms with Crippen LogP contribution in [0.25, 0.3) is 10.2 Å². The lowest BCUT2D eigenvalue weighted by Gasteiger charge is -2.29. The van der Waals surface area contributed by atoms with Crippen LogP contribution in [0.5, 0.6) is 0 Å². The largest absolute Gasteiger partial charge is 0.379 e. The molecule has 0 bridgehead atoms. The van der Waals surface area contributed by atoms with E-state index in [0.717, 1.165) is 41.0 Å². The molecule has 0 spiro atoms. The second-order valence-corrected chi connectivity index (χ2v) is 13.7. The van der Waals surface area contributed by atoms with Crippen molar-refractivity contribution in [3.8, 4) is 0 Å². The first-order valence-electron chi connectivity index (χ1n) is 13.0. The number of thiazole rings is 1. The number of amides is 1. The molecule has 8 nitrogen and oxygen atoms in total. The number of anilines is 1. The third-order valence-corrected chi connectivity index (χ3v) is 11.0. The lowest BCUT2D eigenvalue weighted by molar-refractivity contribution is 0.0391. The smallest absolute Gasteiger partial charge is 0.260 e. The molecular formula is C27H34N4O4S3. The van der Waals surface area contributed by atoms with Crippen molar-refractivity contribution in [2.75, 3.05) is 63.6 Å². The van der Waals surface area contributed by atoms with E-state index in [0.29, 0.717) is 56.0 Å². The molecule has 2 saturated heterocycles. The number of morpholine rings is 1. The van der Waals surface area contributed by atoms with E-state index in [2.05, 4.69) is 17.9 Å². The van der Waals surface area contributed by atoms with Gasteiger partial charge < -0.3 is 4.74 Å². The van der Waals surface area contributed by atoms with Gasteiger partial charge in [0, 0.05) is 49.7 Å². The van der Waals surface area contributed by atoms with E-state index < -0.39 is 10.0 Å². The number of carbonyl (C=O) groups is 1. The van der Waals surface area contributed by atoms with E-state index >= 15 is 0 Å². The van der Waals surface area contributed by atoms with Crippen molar-refractivity contribution < 1.29 is 17.9 Å². The van der Waals surface area contributed by atoms with Crippen LogP contribution in [0.2, 0.25) is 0 Å². The van der Waals surface area contributed by atoms with E-state index in [4.69, 9.17) is 9.72 Å². The maximum Gasteiger partial charge on any atom is 0.260 e. The van der Waals surface area contributed by atoms with E-state index in [1.165, 1.54) is 11.3 Å². The fourth-order valence-electron chi connectivity index (χ4n) is 4.79. The predicted molar refractivity (Wildman–Crippen MR) is 154 cm³/mol. The molecule has 1 aromatic heterocycles. The summed E-state index contributed by atoms with van der Waals surface area (Å²) in [6, 6.07) is 12.5. The Kier molecular flexibility index (Phi) is 8.71. The lowest BCUT2D eigenvalue weighted by atomic mass is 10.0. The quantitative estimate of drug-likeness (QED) is 0.369. The second kappa shape index (κ2) is 12.0. The summed E-state index contributed by atoms with van der Waals surface area (Å²) in [6.07, 6.45) is 3.78. The van der Waals surface area contributed by atoms with Crippen LogP contribution >= 0.6 is 23.1 Å². The van der Waals surface area contributed by atoms with Crippen LogP contribution in [-0.2, 0) is 14.8 Å². The Bertz CT molecular complexity index is 1360. The number of benzene rings is 2. The van der Waals surface area contributed by atoms with Crippen LogP contribution in [-0.4, -0.2) is 87.3 Å². The Morgan fingerprint density at radius 2 is 1.82 bits per heavy atom. The number of rotatable bonds is 8. The lowest BCUT2D eigenvalue weighted by Crippen LogP contribution is -2.43. The zero-order valence-corrected chi connectivity index (χ0v) is 24.3. The van der Waals surface area contributed by atoms with Gasteiger partial charge >= 0.3 is 0 Å². The summed E-state index contributed by atoms with van der Waals surface area (Å²) in [4.78, 5) is 24.0. The number of nitrogens with zero attached hydrogens (tertiary/aromatic N) is 4. The monoisotopic (exact) mass is 574 g/mol. The van der Waals surface area contributed by atoms with Gasteiger partial charge in [0.25, 0.3) is 5.91 Å². The number of hydrogen-bond acceptors (Lipinski definition) is 8. The fraction of sp³-hybridized carbons (Fsp3) is 0.481. The average Bonchev–Trinajstić information content (AvgIpc) is 3.37. The van der Waals surface area contributed by atoms with Gasteiger partial charge in [0.1, 0.15) is 0 Å². The molecule has 2 aliphatic heterocycles. The highest BCUT2D eigenvalue weighted by molar-refractivity contribution is 7.98. The highest BCUT2D eigenvalue weighted by atomic mass is 32.2. The van der Waals surface area contributed by atoms with Crippen molar-refractivity contribution in [3.63, 3.8) is 0 Å². The van der Waals surface area contributed by atoms with Crippen LogP contribution in [0.3, 0.4) is 0 Å². The molecule has 2 aliphatic rings. The molecule has 3 aromatic rings. The molecular weight excluding hydrogens is 541 g/mol. The first-order chi connectivity index (χ1) is 18.3. The molecule has 5 rings (SSSR count). The highest BCUT2D eigenvalue weighted by Crippen LogP contribution is 2.32. The zero-order chi connectivity index (χ0) is 26.7. The minimum absolute atomic E-state index is 0.182. The number of fused-ring (bicyclic) bond motifs is 1. The molecule has 1 amide bonds. The number of sulfonamides is 1. The third-order valence-electron chi connectivity index (χ3n) is 7.29. The molecule has 11 heteroatoms. The number of piperidine rings is 1. The van der Waals surface area contributed by atoms with Crippen molar-refractivity contribution >= 4 is 54.4 Å². The van der Waals surface area contributed by atoms with E-state index in [1.807, 2.05) is 18.4 Å². The molecule has 2 aromatic carbocycles. The topological polar surface area (TPSA) is 83.0 Å². The van der Waals surface area contributed by atoms with Gasteiger partial charge in [-0.3, -0.25) is 14.6 Å². The van der Waals surface area contributed by atoms with Crippen LogP contribution < -0.4 is 4.90 Å². The summed E-state index contributed by atoms with van der Waals surface area (Å²) < 4.78 is 34.4. The van der Waals surface area contributed by atoms with Crippen molar-refractivity contribution in [2.24, 2.45) is 5.92 Å². The minimum atomic E-state index is -3.57. The molecule has 0 radical (unpaired) electrons. The minimum Gasteiger partial charge on any atom is -0.379 e. The summed E-state index contributed by atoms with van der Waals surface area (Å²) in [6.45, 7) is 7.48. The first-order valence-corrected chi connectivity index (χ1v) is 16.5. The Morgan fingerprint density at radius 1 is 1.11 bits per heavy atom. The summed E-state index contributed by atoms with van der Waals surface area (Å²) in [5.74, 6) is 0.359. The SMILES string of the molecule is CSc1ccc2nc(N(CCN3CCOCC3)C(=O)c3ccc(S(=O)(=O)N4CCC(C)CC4)cc3)sc2c1. The Morgan fingerprint density at radius 3 is 2.50 bits per heavy atom. The van der Waals surface area contributed by atoms with Crippen molar-refractivity contribution in [2.45, 2.75) is 29.6 Å². The average molecular weight is 575 g/mol. The molecule has 204 valence electrons. The van der Waals surface area contributed by atoms with E-state index in [-0.39, 0.29) is 10.8 Å². The number of hydrogen-bond donors (Lipinski definition) is 0. The molecule has 3 heterocycles. The fourth-order valence-corrected chi connectivity index (χ4v) is 7.80. The molecule has 0 atom stereocenters. The van der Waals surface area contributed by atoms with Crippen LogP contribution in [0.4, 0.5) is 5.13 Å².